The number of piperidine rings is 2. The summed E-state index contributed by atoms with van der Waals surface area (Å²) in [6.07, 6.45) is 5.53. The van der Waals surface area contributed by atoms with Gasteiger partial charge in [-0.3, -0.25) is 9.69 Å². The van der Waals surface area contributed by atoms with Gasteiger partial charge in [-0.15, -0.1) is 0 Å². The minimum Gasteiger partial charge on any atom is -0.480 e. The summed E-state index contributed by atoms with van der Waals surface area (Å²) in [4.78, 5) is 18.1. The monoisotopic (exact) mass is 477 g/mol. The zero-order valence-electron chi connectivity index (χ0n) is 18.8. The first-order valence-corrected chi connectivity index (χ1v) is 12.7. The predicted molar refractivity (Wildman–Crippen MR) is 132 cm³/mol. The topological polar surface area (TPSA) is 87.8 Å². The molecule has 6 rings (SSSR count). The van der Waals surface area contributed by atoms with Crippen molar-refractivity contribution in [3.05, 3.63) is 54.3 Å². The van der Waals surface area contributed by atoms with Crippen LogP contribution in [0.3, 0.4) is 0 Å². The number of nitrogens with one attached hydrogen (secondary N) is 1. The van der Waals surface area contributed by atoms with E-state index >= 15 is 0 Å². The zero-order chi connectivity index (χ0) is 23.1. The molecule has 0 spiro atoms. The minimum atomic E-state index is -0.790. The number of carboxylic acids is 1. The number of hydrogen-bond donors (Lipinski definition) is 2. The number of fused-ring (bicyclic) bond motifs is 4. The lowest BCUT2D eigenvalue weighted by atomic mass is 9.81. The van der Waals surface area contributed by atoms with Crippen LogP contribution >= 0.6 is 11.3 Å². The average molecular weight is 478 g/mol. The van der Waals surface area contributed by atoms with Gasteiger partial charge in [0, 0.05) is 29.6 Å². The Bertz CT molecular complexity index is 1290. The van der Waals surface area contributed by atoms with Crippen LogP contribution in [-0.2, 0) is 11.3 Å². The first kappa shape index (κ1) is 21.6. The lowest BCUT2D eigenvalue weighted by Crippen LogP contribution is -2.56. The molecule has 2 N–H and O–H groups in total. The Morgan fingerprint density at radius 2 is 2.00 bits per heavy atom. The first-order chi connectivity index (χ1) is 16.6. The van der Waals surface area contributed by atoms with E-state index < -0.39 is 5.97 Å². The second-order valence-electron chi connectivity index (χ2n) is 9.32. The largest absolute Gasteiger partial charge is 0.480 e. The van der Waals surface area contributed by atoms with Crippen molar-refractivity contribution in [2.45, 2.75) is 56.8 Å². The summed E-state index contributed by atoms with van der Waals surface area (Å²) in [5, 5.41) is 13.9. The van der Waals surface area contributed by atoms with Crippen molar-refractivity contribution in [1.29, 1.82) is 0 Å². The van der Waals surface area contributed by atoms with Gasteiger partial charge in [0.2, 0.25) is 0 Å². The normalized spacial score (nSPS) is 22.9. The molecule has 0 saturated carbocycles. The van der Waals surface area contributed by atoms with Crippen LogP contribution in [0.2, 0.25) is 0 Å². The van der Waals surface area contributed by atoms with Crippen LogP contribution in [0, 0.1) is 0 Å². The number of hydrogen-bond acceptors (Lipinski definition) is 7. The third-order valence-electron chi connectivity index (χ3n) is 7.03. The third kappa shape index (κ3) is 4.41. The fourth-order valence-corrected chi connectivity index (χ4v) is 6.35. The van der Waals surface area contributed by atoms with Crippen LogP contribution in [0.1, 0.15) is 37.9 Å². The molecule has 2 saturated heterocycles. The quantitative estimate of drug-likeness (QED) is 0.369. The Balaban J connectivity index is 1.16. The van der Waals surface area contributed by atoms with E-state index in [0.717, 1.165) is 64.9 Å². The Morgan fingerprint density at radius 3 is 2.79 bits per heavy atom. The van der Waals surface area contributed by atoms with E-state index in [0.29, 0.717) is 17.3 Å². The van der Waals surface area contributed by atoms with E-state index in [1.807, 2.05) is 42.5 Å². The highest BCUT2D eigenvalue weighted by atomic mass is 32.1. The van der Waals surface area contributed by atoms with Gasteiger partial charge < -0.3 is 19.6 Å². The lowest BCUT2D eigenvalue weighted by Gasteiger charge is -2.48. The molecule has 2 aromatic carbocycles. The smallest absolute Gasteiger partial charge is 0.317 e. The van der Waals surface area contributed by atoms with Gasteiger partial charge in [-0.1, -0.05) is 29.9 Å². The average Bonchev–Trinajstić information content (AvgIpc) is 3.40. The van der Waals surface area contributed by atoms with E-state index in [4.69, 9.17) is 14.3 Å². The number of ether oxygens (including phenoxy) is 1. The molecule has 2 aliphatic heterocycles. The number of aliphatic carboxylic acids is 1. The maximum absolute atomic E-state index is 10.9. The van der Waals surface area contributed by atoms with Crippen molar-refractivity contribution in [2.75, 3.05) is 6.54 Å². The Kier molecular flexibility index (Phi) is 5.72. The van der Waals surface area contributed by atoms with E-state index in [2.05, 4.69) is 21.3 Å². The summed E-state index contributed by atoms with van der Waals surface area (Å²) in [5.74, 6) is 0.886. The number of thiazole rings is 1. The van der Waals surface area contributed by atoms with Crippen molar-refractivity contribution < 1.29 is 19.1 Å². The first-order valence-electron chi connectivity index (χ1n) is 11.9. The maximum atomic E-state index is 10.9. The zero-order valence-corrected chi connectivity index (χ0v) is 19.6. The number of benzene rings is 2. The van der Waals surface area contributed by atoms with Gasteiger partial charge in [-0.2, -0.15) is 0 Å². The summed E-state index contributed by atoms with van der Waals surface area (Å²) >= 11 is 1.53. The van der Waals surface area contributed by atoms with Gasteiger partial charge >= 0.3 is 5.97 Å². The summed E-state index contributed by atoms with van der Waals surface area (Å²) in [6.45, 7) is 0.818. The number of furan rings is 1. The molecular weight excluding hydrogens is 450 g/mol. The standard InChI is InChI=1S/C26H27N3O4S/c30-25(31)14-27-17-11-18-4-3-5-19(12-17)29(18)15-21-10-16-8-9-20(13-23(16)32-21)33-26-28-22-6-1-2-7-24(22)34-26/h1-2,6-10,13,17-19,27H,3-5,11-12,14-15H2,(H,30,31)/t17?,18-,19+. The number of aromatic nitrogens is 1. The second-order valence-corrected chi connectivity index (χ2v) is 10.3. The number of carboxylic acid groups (broad SMARTS) is 1. The number of rotatable bonds is 7. The highest BCUT2D eigenvalue weighted by Gasteiger charge is 2.38. The molecule has 0 aliphatic carbocycles. The summed E-state index contributed by atoms with van der Waals surface area (Å²) in [6, 6.07) is 17.3. The van der Waals surface area contributed by atoms with Crippen molar-refractivity contribution in [2.24, 2.45) is 0 Å². The number of para-hydroxylation sites is 1. The van der Waals surface area contributed by atoms with Crippen LogP contribution in [0.5, 0.6) is 10.9 Å². The van der Waals surface area contributed by atoms with Crippen LogP contribution in [0.15, 0.2) is 52.9 Å². The SMILES string of the molecule is O=C(O)CNC1C[C@H]2CCC[C@@H](C1)N2Cc1cc2ccc(Oc3nc4ccccc4s3)cc2o1. The summed E-state index contributed by atoms with van der Waals surface area (Å²) in [5.41, 5.74) is 1.76. The van der Waals surface area contributed by atoms with Gasteiger partial charge in [-0.25, -0.2) is 4.98 Å². The van der Waals surface area contributed by atoms with Crippen molar-refractivity contribution in [3.63, 3.8) is 0 Å². The van der Waals surface area contributed by atoms with Gasteiger partial charge in [-0.05, 0) is 56.0 Å². The molecule has 2 aromatic heterocycles. The Labute approximate surface area is 201 Å². The summed E-state index contributed by atoms with van der Waals surface area (Å²) < 4.78 is 13.4. The Morgan fingerprint density at radius 1 is 1.18 bits per heavy atom. The fourth-order valence-electron chi connectivity index (χ4n) is 5.52. The molecule has 3 atom stereocenters. The highest BCUT2D eigenvalue weighted by molar-refractivity contribution is 7.20. The van der Waals surface area contributed by atoms with E-state index in [1.165, 1.54) is 17.8 Å². The van der Waals surface area contributed by atoms with Crippen molar-refractivity contribution in [3.8, 4) is 10.9 Å². The van der Waals surface area contributed by atoms with Gasteiger partial charge in [0.05, 0.1) is 23.3 Å². The highest BCUT2D eigenvalue weighted by Crippen LogP contribution is 2.37. The van der Waals surface area contributed by atoms with Crippen LogP contribution < -0.4 is 10.1 Å². The molecule has 4 aromatic rings. The molecule has 0 radical (unpaired) electrons. The third-order valence-corrected chi connectivity index (χ3v) is 7.94. The summed E-state index contributed by atoms with van der Waals surface area (Å²) in [7, 11) is 0. The van der Waals surface area contributed by atoms with Gasteiger partial charge in [0.15, 0.2) is 0 Å². The lowest BCUT2D eigenvalue weighted by molar-refractivity contribution is -0.136. The molecule has 2 bridgehead atoms. The molecule has 1 unspecified atom stereocenters. The molecule has 34 heavy (non-hydrogen) atoms. The predicted octanol–water partition coefficient (Wildman–Crippen LogP) is 5.39. The second kappa shape index (κ2) is 9.02. The molecule has 0 amide bonds. The van der Waals surface area contributed by atoms with Gasteiger partial charge in [0.1, 0.15) is 17.1 Å². The number of nitrogens with zero attached hydrogens (tertiary/aromatic N) is 2. The molecule has 7 nitrogen and oxygen atoms in total. The van der Waals surface area contributed by atoms with Crippen LogP contribution in [0.25, 0.3) is 21.2 Å². The van der Waals surface area contributed by atoms with E-state index in [9.17, 15) is 4.79 Å². The molecule has 2 aliphatic rings. The van der Waals surface area contributed by atoms with Crippen molar-refractivity contribution in [1.82, 2.24) is 15.2 Å². The molecular formula is C26H27N3O4S. The van der Waals surface area contributed by atoms with Crippen LogP contribution in [-0.4, -0.2) is 45.6 Å². The Hall–Kier alpha value is -2.94. The van der Waals surface area contributed by atoms with E-state index in [1.54, 1.807) is 0 Å². The maximum Gasteiger partial charge on any atom is 0.317 e. The molecule has 176 valence electrons. The molecule has 2 fully saturated rings. The number of carbonyl (C=O) groups is 1. The molecule has 8 heteroatoms. The van der Waals surface area contributed by atoms with Crippen LogP contribution in [0.4, 0.5) is 0 Å². The van der Waals surface area contributed by atoms with Gasteiger partial charge in [0.25, 0.3) is 5.19 Å². The minimum absolute atomic E-state index is 0.0368. The molecule has 4 heterocycles. The fraction of sp³-hybridized carbons (Fsp3) is 0.385. The van der Waals surface area contributed by atoms with Crippen molar-refractivity contribution >= 4 is 38.5 Å². The van der Waals surface area contributed by atoms with E-state index in [-0.39, 0.29) is 12.6 Å².